The van der Waals surface area contributed by atoms with Gasteiger partial charge in [0.1, 0.15) is 10.7 Å². The van der Waals surface area contributed by atoms with Crippen LogP contribution in [0.25, 0.3) is 0 Å². The summed E-state index contributed by atoms with van der Waals surface area (Å²) in [6, 6.07) is 9.91. The highest BCUT2D eigenvalue weighted by Gasteiger charge is 2.10. The van der Waals surface area contributed by atoms with E-state index >= 15 is 0 Å². The number of methoxy groups -OCH3 is 1. The van der Waals surface area contributed by atoms with Crippen molar-refractivity contribution in [3.63, 3.8) is 0 Å². The first-order valence-electron chi connectivity index (χ1n) is 5.11. The summed E-state index contributed by atoms with van der Waals surface area (Å²) in [4.78, 5) is 14.0. The molecule has 1 aromatic heterocycles. The van der Waals surface area contributed by atoms with Crippen LogP contribution in [0.3, 0.4) is 0 Å². The fourth-order valence-corrected chi connectivity index (χ4v) is 1.34. The molecule has 92 valence electrons. The lowest BCUT2D eigenvalue weighted by Crippen LogP contribution is -1.83. The molecule has 0 saturated heterocycles. The van der Waals surface area contributed by atoms with Gasteiger partial charge in [0.2, 0.25) is 0 Å². The third-order valence-corrected chi connectivity index (χ3v) is 2.19. The highest BCUT2D eigenvalue weighted by molar-refractivity contribution is 5.79. The zero-order chi connectivity index (χ0) is 13.0. The molecule has 6 heteroatoms. The Morgan fingerprint density at radius 3 is 2.89 bits per heavy atom. The van der Waals surface area contributed by atoms with Crippen molar-refractivity contribution in [3.8, 4) is 5.75 Å². The van der Waals surface area contributed by atoms with Gasteiger partial charge in [-0.2, -0.15) is 0 Å². The predicted molar refractivity (Wildman–Crippen MR) is 65.6 cm³/mol. The third kappa shape index (κ3) is 2.73. The number of furan rings is 1. The molecule has 0 bridgehead atoms. The molecule has 0 saturated carbocycles. The second-order valence-electron chi connectivity index (χ2n) is 3.39. The molecule has 2 aromatic rings. The number of benzene rings is 1. The Balaban J connectivity index is 2.16. The average Bonchev–Trinajstić information content (AvgIpc) is 2.85. The van der Waals surface area contributed by atoms with Crippen molar-refractivity contribution in [2.75, 3.05) is 7.11 Å². The lowest BCUT2D eigenvalue weighted by molar-refractivity contribution is -0.402. The summed E-state index contributed by atoms with van der Waals surface area (Å²) in [5.41, 5.74) is 0.674. The van der Waals surface area contributed by atoms with Crippen molar-refractivity contribution < 1.29 is 14.1 Å². The normalized spacial score (nSPS) is 10.7. The van der Waals surface area contributed by atoms with E-state index in [-0.39, 0.29) is 5.88 Å². The molecule has 0 atom stereocenters. The number of ether oxygens (including phenoxy) is 1. The Morgan fingerprint density at radius 1 is 1.39 bits per heavy atom. The van der Waals surface area contributed by atoms with E-state index in [2.05, 4.69) is 4.99 Å². The van der Waals surface area contributed by atoms with Gasteiger partial charge in [-0.05, 0) is 18.2 Å². The monoisotopic (exact) mass is 246 g/mol. The fourth-order valence-electron chi connectivity index (χ4n) is 1.34. The Bertz CT molecular complexity index is 589. The maximum absolute atomic E-state index is 10.4. The van der Waals surface area contributed by atoms with Gasteiger partial charge < -0.3 is 9.15 Å². The number of nitrogens with zero attached hydrogens (tertiary/aromatic N) is 2. The quantitative estimate of drug-likeness (QED) is 0.472. The highest BCUT2D eigenvalue weighted by Crippen LogP contribution is 2.20. The van der Waals surface area contributed by atoms with Gasteiger partial charge in [0.25, 0.3) is 0 Å². The van der Waals surface area contributed by atoms with Crippen LogP contribution in [0.5, 0.6) is 5.75 Å². The molecule has 0 unspecified atom stereocenters. The van der Waals surface area contributed by atoms with E-state index in [9.17, 15) is 10.1 Å². The van der Waals surface area contributed by atoms with E-state index in [1.807, 2.05) is 0 Å². The fraction of sp³-hybridized carbons (Fsp3) is 0.0833. The van der Waals surface area contributed by atoms with Crippen LogP contribution in [-0.2, 0) is 0 Å². The average molecular weight is 246 g/mol. The van der Waals surface area contributed by atoms with Crippen molar-refractivity contribution in [2.45, 2.75) is 0 Å². The minimum Gasteiger partial charge on any atom is -0.497 e. The minimum absolute atomic E-state index is 0.304. The van der Waals surface area contributed by atoms with Crippen LogP contribution in [0, 0.1) is 10.1 Å². The number of hydrogen-bond acceptors (Lipinski definition) is 5. The van der Waals surface area contributed by atoms with Gasteiger partial charge in [-0.1, -0.05) is 6.07 Å². The van der Waals surface area contributed by atoms with Crippen molar-refractivity contribution in [1.29, 1.82) is 0 Å². The minimum atomic E-state index is -0.594. The van der Waals surface area contributed by atoms with E-state index in [0.717, 1.165) is 0 Å². The standard InChI is InChI=1S/C12H10N2O4/c1-17-10-4-2-3-9(7-10)13-8-11-5-6-12(18-11)14(15)16/h2-8H,1H3. The third-order valence-electron chi connectivity index (χ3n) is 2.19. The van der Waals surface area contributed by atoms with Crippen molar-refractivity contribution in [3.05, 3.63) is 52.3 Å². The highest BCUT2D eigenvalue weighted by atomic mass is 16.6. The van der Waals surface area contributed by atoms with Crippen LogP contribution in [-0.4, -0.2) is 18.2 Å². The molecular weight excluding hydrogens is 236 g/mol. The van der Waals surface area contributed by atoms with Gasteiger partial charge in [-0.25, -0.2) is 0 Å². The molecule has 0 aliphatic carbocycles. The molecule has 0 aliphatic rings. The zero-order valence-corrected chi connectivity index (χ0v) is 9.57. The predicted octanol–water partition coefficient (Wildman–Crippen LogP) is 2.95. The Kier molecular flexibility index (Phi) is 3.38. The Hall–Kier alpha value is -2.63. The molecular formula is C12H10N2O4. The zero-order valence-electron chi connectivity index (χ0n) is 9.57. The maximum Gasteiger partial charge on any atom is 0.433 e. The summed E-state index contributed by atoms with van der Waals surface area (Å²) < 4.78 is 10.00. The Morgan fingerprint density at radius 2 is 2.22 bits per heavy atom. The summed E-state index contributed by atoms with van der Waals surface area (Å²) >= 11 is 0. The van der Waals surface area contributed by atoms with Crippen LogP contribution in [0.1, 0.15) is 5.76 Å². The van der Waals surface area contributed by atoms with Gasteiger partial charge in [-0.3, -0.25) is 15.1 Å². The van der Waals surface area contributed by atoms with E-state index in [1.165, 1.54) is 18.3 Å². The molecule has 0 fully saturated rings. The first kappa shape index (κ1) is 11.8. The maximum atomic E-state index is 10.4. The number of rotatable bonds is 4. The van der Waals surface area contributed by atoms with Gasteiger partial charge in [0.05, 0.1) is 25.1 Å². The van der Waals surface area contributed by atoms with Gasteiger partial charge in [0.15, 0.2) is 5.76 Å². The Labute approximate surface area is 103 Å². The summed E-state index contributed by atoms with van der Waals surface area (Å²) in [6.45, 7) is 0. The first-order valence-corrected chi connectivity index (χ1v) is 5.11. The molecule has 1 aromatic carbocycles. The van der Waals surface area contributed by atoms with E-state index < -0.39 is 4.92 Å². The summed E-state index contributed by atoms with van der Waals surface area (Å²) in [7, 11) is 1.57. The molecule has 1 heterocycles. The summed E-state index contributed by atoms with van der Waals surface area (Å²) in [6.07, 6.45) is 1.42. The lowest BCUT2D eigenvalue weighted by Gasteiger charge is -1.98. The van der Waals surface area contributed by atoms with E-state index in [0.29, 0.717) is 17.2 Å². The molecule has 0 aliphatic heterocycles. The van der Waals surface area contributed by atoms with E-state index in [1.54, 1.807) is 31.4 Å². The molecule has 0 N–H and O–H groups in total. The van der Waals surface area contributed by atoms with Crippen molar-refractivity contribution >= 4 is 17.8 Å². The molecule has 18 heavy (non-hydrogen) atoms. The molecule has 0 radical (unpaired) electrons. The van der Waals surface area contributed by atoms with Crippen molar-refractivity contribution in [1.82, 2.24) is 0 Å². The number of hydrogen-bond donors (Lipinski definition) is 0. The van der Waals surface area contributed by atoms with Crippen LogP contribution in [0.2, 0.25) is 0 Å². The summed E-state index contributed by atoms with van der Waals surface area (Å²) in [5.74, 6) is 0.710. The second-order valence-corrected chi connectivity index (χ2v) is 3.39. The van der Waals surface area contributed by atoms with Crippen LogP contribution in [0.4, 0.5) is 11.6 Å². The SMILES string of the molecule is COc1cccc(N=Cc2ccc([N+](=O)[O-])o2)c1. The largest absolute Gasteiger partial charge is 0.497 e. The van der Waals surface area contributed by atoms with Gasteiger partial charge in [-0.15, -0.1) is 0 Å². The smallest absolute Gasteiger partial charge is 0.433 e. The first-order chi connectivity index (χ1) is 8.69. The molecule has 2 rings (SSSR count). The summed E-state index contributed by atoms with van der Waals surface area (Å²) in [5, 5.41) is 10.4. The molecule has 0 spiro atoms. The lowest BCUT2D eigenvalue weighted by atomic mass is 10.3. The van der Waals surface area contributed by atoms with Crippen LogP contribution < -0.4 is 4.74 Å². The van der Waals surface area contributed by atoms with Crippen LogP contribution in [0.15, 0.2) is 45.8 Å². The molecule has 6 nitrogen and oxygen atoms in total. The van der Waals surface area contributed by atoms with Gasteiger partial charge >= 0.3 is 5.88 Å². The topological polar surface area (TPSA) is 77.9 Å². The van der Waals surface area contributed by atoms with Crippen molar-refractivity contribution in [2.24, 2.45) is 4.99 Å². The number of nitro groups is 1. The van der Waals surface area contributed by atoms with Crippen LogP contribution >= 0.6 is 0 Å². The van der Waals surface area contributed by atoms with E-state index in [4.69, 9.17) is 9.15 Å². The molecule has 0 amide bonds. The number of aliphatic imine (C=N–C) groups is 1. The second kappa shape index (κ2) is 5.13. The van der Waals surface area contributed by atoms with Gasteiger partial charge in [0, 0.05) is 6.07 Å².